The summed E-state index contributed by atoms with van der Waals surface area (Å²) in [5.41, 5.74) is 0.689. The smallest absolute Gasteiger partial charge is 0.266 e. The van der Waals surface area contributed by atoms with Crippen LogP contribution in [0.1, 0.15) is 56.9 Å². The summed E-state index contributed by atoms with van der Waals surface area (Å²) in [6, 6.07) is 5.65. The van der Waals surface area contributed by atoms with Crippen LogP contribution in [0.2, 0.25) is 0 Å². The number of carbonyl (C=O) groups excluding carboxylic acids is 1. The molecule has 0 aromatic carbocycles. The molecule has 0 fully saturated rings. The molecule has 2 aromatic rings. The van der Waals surface area contributed by atoms with Crippen LogP contribution in [-0.4, -0.2) is 15.7 Å². The summed E-state index contributed by atoms with van der Waals surface area (Å²) in [5, 5.41) is 7.69. The molecule has 2 rings (SSSR count). The third kappa shape index (κ3) is 3.79. The second-order valence-electron chi connectivity index (χ2n) is 7.31. The molecule has 2 aromatic heterocycles. The van der Waals surface area contributed by atoms with Crippen LogP contribution < -0.4 is 5.32 Å². The molecule has 1 N–H and O–H groups in total. The van der Waals surface area contributed by atoms with Crippen LogP contribution in [0.25, 0.3) is 0 Å². The summed E-state index contributed by atoms with van der Waals surface area (Å²) >= 11 is 4.80. The van der Waals surface area contributed by atoms with E-state index in [9.17, 15) is 4.79 Å². The molecule has 0 saturated heterocycles. The molecule has 6 heteroatoms. The summed E-state index contributed by atoms with van der Waals surface area (Å²) < 4.78 is 2.83. The molecule has 0 aliphatic heterocycles. The van der Waals surface area contributed by atoms with Gasteiger partial charge in [0.2, 0.25) is 0 Å². The van der Waals surface area contributed by atoms with Gasteiger partial charge in [-0.3, -0.25) is 4.79 Å². The minimum atomic E-state index is -0.206. The van der Waals surface area contributed by atoms with Crippen molar-refractivity contribution in [3.63, 3.8) is 0 Å². The second-order valence-corrected chi connectivity index (χ2v) is 9.77. The Hall–Kier alpha value is -1.14. The van der Waals surface area contributed by atoms with Gasteiger partial charge in [0.15, 0.2) is 0 Å². The molecule has 120 valence electrons. The van der Waals surface area contributed by atoms with Gasteiger partial charge in [-0.1, -0.05) is 20.8 Å². The van der Waals surface area contributed by atoms with Gasteiger partial charge in [-0.05, 0) is 48.8 Å². The second kappa shape index (κ2) is 5.81. The fourth-order valence-corrected chi connectivity index (χ4v) is 3.24. The highest BCUT2D eigenvalue weighted by Crippen LogP contribution is 2.29. The number of hydrogen-bond acceptors (Lipinski definition) is 3. The van der Waals surface area contributed by atoms with E-state index in [0.29, 0.717) is 4.88 Å². The van der Waals surface area contributed by atoms with Crippen molar-refractivity contribution in [2.24, 2.45) is 0 Å². The highest BCUT2D eigenvalue weighted by molar-refractivity contribution is 9.11. The Labute approximate surface area is 144 Å². The number of nitrogens with zero attached hydrogens (tertiary/aromatic N) is 2. The number of nitrogens with one attached hydrogen (secondary N) is 1. The first-order chi connectivity index (χ1) is 9.98. The van der Waals surface area contributed by atoms with Gasteiger partial charge >= 0.3 is 0 Å². The lowest BCUT2D eigenvalue weighted by Crippen LogP contribution is -2.27. The number of aromatic nitrogens is 2. The molecule has 0 unspecified atom stereocenters. The Morgan fingerprint density at radius 3 is 2.32 bits per heavy atom. The van der Waals surface area contributed by atoms with Gasteiger partial charge in [-0.2, -0.15) is 5.10 Å². The van der Waals surface area contributed by atoms with Crippen LogP contribution in [0.3, 0.4) is 0 Å². The van der Waals surface area contributed by atoms with Crippen LogP contribution >= 0.6 is 27.3 Å². The van der Waals surface area contributed by atoms with Crippen molar-refractivity contribution < 1.29 is 4.79 Å². The van der Waals surface area contributed by atoms with Crippen LogP contribution in [0, 0.1) is 0 Å². The van der Waals surface area contributed by atoms with E-state index < -0.39 is 0 Å². The predicted molar refractivity (Wildman–Crippen MR) is 95.9 cm³/mol. The first-order valence-electron chi connectivity index (χ1n) is 7.16. The fraction of sp³-hybridized carbons (Fsp3) is 0.500. The summed E-state index contributed by atoms with van der Waals surface area (Å²) in [5.74, 6) is 0.619. The van der Waals surface area contributed by atoms with E-state index in [-0.39, 0.29) is 16.9 Å². The van der Waals surface area contributed by atoms with Crippen molar-refractivity contribution >= 4 is 39.0 Å². The molecule has 0 radical (unpaired) electrons. The molecule has 0 bridgehead atoms. The Bertz CT molecular complexity index is 689. The van der Waals surface area contributed by atoms with Crippen molar-refractivity contribution in [3.8, 4) is 0 Å². The van der Waals surface area contributed by atoms with E-state index in [4.69, 9.17) is 5.10 Å². The molecule has 2 heterocycles. The molecule has 1 amide bonds. The monoisotopic (exact) mass is 383 g/mol. The van der Waals surface area contributed by atoms with Crippen LogP contribution in [-0.2, 0) is 11.0 Å². The molecule has 0 spiro atoms. The summed E-state index contributed by atoms with van der Waals surface area (Å²) in [6.45, 7) is 12.6. The molecule has 0 atom stereocenters. The van der Waals surface area contributed by atoms with E-state index in [1.807, 2.05) is 22.9 Å². The largest absolute Gasteiger partial charge is 0.306 e. The van der Waals surface area contributed by atoms with Gasteiger partial charge in [0.25, 0.3) is 5.91 Å². The molecular weight excluding hydrogens is 362 g/mol. The Balaban J connectivity index is 2.37. The maximum Gasteiger partial charge on any atom is 0.266 e. The summed E-state index contributed by atoms with van der Waals surface area (Å²) in [7, 11) is 0. The maximum atomic E-state index is 12.4. The van der Waals surface area contributed by atoms with Crippen LogP contribution in [0.4, 0.5) is 5.82 Å². The van der Waals surface area contributed by atoms with Gasteiger partial charge in [0.05, 0.1) is 19.9 Å². The lowest BCUT2D eigenvalue weighted by atomic mass is 9.92. The molecule has 0 saturated carbocycles. The number of halogens is 1. The standard InChI is InChI=1S/C16H22BrN3OS/c1-15(2,3)11-9-13(20(19-11)16(4,5)6)18-14(21)10-7-8-12(17)22-10/h7-9H,1-6H3,(H,18,21). The Morgan fingerprint density at radius 2 is 1.86 bits per heavy atom. The van der Waals surface area contributed by atoms with Crippen molar-refractivity contribution in [2.75, 3.05) is 5.32 Å². The van der Waals surface area contributed by atoms with Crippen LogP contribution in [0.5, 0.6) is 0 Å². The van der Waals surface area contributed by atoms with Gasteiger partial charge in [-0.15, -0.1) is 11.3 Å². The topological polar surface area (TPSA) is 46.9 Å². The number of rotatable bonds is 2. The average molecular weight is 384 g/mol. The zero-order chi connectivity index (χ0) is 16.7. The maximum absolute atomic E-state index is 12.4. The Kier molecular flexibility index (Phi) is 4.55. The molecule has 0 aliphatic rings. The lowest BCUT2D eigenvalue weighted by molar-refractivity contribution is 0.102. The van der Waals surface area contributed by atoms with E-state index in [0.717, 1.165) is 15.3 Å². The predicted octanol–water partition coefficient (Wildman–Crippen LogP) is 5.01. The number of anilines is 1. The summed E-state index contributed by atoms with van der Waals surface area (Å²) in [4.78, 5) is 13.1. The zero-order valence-electron chi connectivity index (χ0n) is 13.8. The first-order valence-corrected chi connectivity index (χ1v) is 8.77. The minimum absolute atomic E-state index is 0.0675. The average Bonchev–Trinajstić information content (AvgIpc) is 2.93. The van der Waals surface area contributed by atoms with E-state index >= 15 is 0 Å². The number of hydrogen-bond donors (Lipinski definition) is 1. The Morgan fingerprint density at radius 1 is 1.23 bits per heavy atom. The van der Waals surface area contributed by atoms with Gasteiger partial charge in [-0.25, -0.2) is 4.68 Å². The highest BCUT2D eigenvalue weighted by Gasteiger charge is 2.26. The van der Waals surface area contributed by atoms with Crippen LogP contribution in [0.15, 0.2) is 22.0 Å². The van der Waals surface area contributed by atoms with E-state index in [1.54, 1.807) is 0 Å². The molecule has 22 heavy (non-hydrogen) atoms. The zero-order valence-corrected chi connectivity index (χ0v) is 16.2. The van der Waals surface area contributed by atoms with Gasteiger partial charge in [0, 0.05) is 11.5 Å². The normalized spacial score (nSPS) is 12.5. The molecular formula is C16H22BrN3OS. The minimum Gasteiger partial charge on any atom is -0.306 e. The SMILES string of the molecule is CC(C)(C)c1cc(NC(=O)c2ccc(Br)s2)n(C(C)(C)C)n1. The van der Waals surface area contributed by atoms with Crippen molar-refractivity contribution in [1.29, 1.82) is 0 Å². The molecule has 4 nitrogen and oxygen atoms in total. The fourth-order valence-electron chi connectivity index (χ4n) is 1.96. The van der Waals surface area contributed by atoms with Crippen molar-refractivity contribution in [3.05, 3.63) is 32.6 Å². The third-order valence-corrected chi connectivity index (χ3v) is 4.77. The van der Waals surface area contributed by atoms with Crippen molar-refractivity contribution in [2.45, 2.75) is 52.5 Å². The number of amides is 1. The number of thiophene rings is 1. The highest BCUT2D eigenvalue weighted by atomic mass is 79.9. The lowest BCUT2D eigenvalue weighted by Gasteiger charge is -2.22. The van der Waals surface area contributed by atoms with Gasteiger partial charge < -0.3 is 5.32 Å². The van der Waals surface area contributed by atoms with Crippen molar-refractivity contribution in [1.82, 2.24) is 9.78 Å². The third-order valence-electron chi connectivity index (χ3n) is 3.15. The van der Waals surface area contributed by atoms with E-state index in [2.05, 4.69) is 62.8 Å². The first kappa shape index (κ1) is 17.2. The van der Waals surface area contributed by atoms with E-state index in [1.165, 1.54) is 11.3 Å². The molecule has 0 aliphatic carbocycles. The number of carbonyl (C=O) groups is 1. The quantitative estimate of drug-likeness (QED) is 0.791. The van der Waals surface area contributed by atoms with Gasteiger partial charge in [0.1, 0.15) is 5.82 Å². The summed E-state index contributed by atoms with van der Waals surface area (Å²) in [6.07, 6.45) is 0.